The van der Waals surface area contributed by atoms with Gasteiger partial charge in [0.25, 0.3) is 0 Å². The van der Waals surface area contributed by atoms with Crippen LogP contribution in [0.1, 0.15) is 145 Å². The van der Waals surface area contributed by atoms with Crippen LogP contribution in [0.4, 0.5) is 0 Å². The van der Waals surface area contributed by atoms with Crippen molar-refractivity contribution in [1.29, 1.82) is 0 Å². The van der Waals surface area contributed by atoms with Crippen LogP contribution in [0, 0.1) is 67.0 Å². The Kier molecular flexibility index (Phi) is 18.2. The molecule has 0 radical (unpaired) electrons. The molecule has 0 aromatic carbocycles. The number of fused-ring (bicyclic) bond motifs is 4. The second kappa shape index (κ2) is 24.0. The summed E-state index contributed by atoms with van der Waals surface area (Å²) in [7, 11) is 0. The van der Waals surface area contributed by atoms with Gasteiger partial charge in [0, 0.05) is 50.4 Å². The summed E-state index contributed by atoms with van der Waals surface area (Å²) < 4.78 is 62.5. The molecule has 0 spiro atoms. The maximum atomic E-state index is 14.6. The van der Waals surface area contributed by atoms with E-state index in [1.165, 1.54) is 0 Å². The zero-order chi connectivity index (χ0) is 63.2. The topological polar surface area (TPSA) is 289 Å². The second-order valence-electron chi connectivity index (χ2n) is 25.4. The lowest BCUT2D eigenvalue weighted by Crippen LogP contribution is -2.45. The Morgan fingerprint density at radius 2 is 0.593 bits per heavy atom. The molecule has 8 fully saturated rings. The predicted molar refractivity (Wildman–Crippen MR) is 298 cm³/mol. The highest BCUT2D eigenvalue weighted by Crippen LogP contribution is 2.76. The number of hydrogen-bond acceptors (Lipinski definition) is 22. The second-order valence-corrected chi connectivity index (χ2v) is 25.4. The minimum atomic E-state index is -2.00. The van der Waals surface area contributed by atoms with Crippen molar-refractivity contribution in [1.82, 2.24) is 0 Å². The minimum Gasteiger partial charge on any atom is -0.465 e. The molecule has 9 unspecified atom stereocenters. The van der Waals surface area contributed by atoms with Gasteiger partial charge in [0.1, 0.15) is 37.4 Å². The SMILES string of the molecule is C=C(C(=O)OCC(COC(=O)C(=C)C12CC1CC(C(=O)OCC)(C(=O)OCC)C2)(COC(=O)C(=C)C12CC1CC(C(=O)OCC)(C(=O)OCC)C2)COC(=O)C(=C)C12CC1CC(C(=O)OCC)(C(=O)OCC)C2)C12CC1CC(CC)(OC(=O)CC)C2. The summed E-state index contributed by atoms with van der Waals surface area (Å²) in [5, 5.41) is 0. The molecule has 22 nitrogen and oxygen atoms in total. The van der Waals surface area contributed by atoms with E-state index in [4.69, 9.17) is 52.1 Å². The summed E-state index contributed by atoms with van der Waals surface area (Å²) in [6, 6.07) is 0. The van der Waals surface area contributed by atoms with Crippen molar-refractivity contribution < 1.29 is 105 Å². The molecule has 0 N–H and O–H groups in total. The number of carbonyl (C=O) groups excluding carboxylic acids is 11. The molecule has 0 bridgehead atoms. The molecule has 472 valence electrons. The van der Waals surface area contributed by atoms with E-state index in [0.717, 1.165) is 0 Å². The van der Waals surface area contributed by atoms with E-state index in [0.29, 0.717) is 44.9 Å². The van der Waals surface area contributed by atoms with E-state index in [2.05, 4.69) is 26.3 Å². The fourth-order valence-corrected chi connectivity index (χ4v) is 15.4. The molecule has 0 aromatic heterocycles. The van der Waals surface area contributed by atoms with Crippen LogP contribution in [0.3, 0.4) is 0 Å². The third kappa shape index (κ3) is 11.1. The molecule has 9 atom stereocenters. The van der Waals surface area contributed by atoms with Gasteiger partial charge in [-0.15, -0.1) is 0 Å². The van der Waals surface area contributed by atoms with Crippen LogP contribution in [0.2, 0.25) is 0 Å². The molecule has 22 heteroatoms. The van der Waals surface area contributed by atoms with Gasteiger partial charge in [-0.25, -0.2) is 19.2 Å². The van der Waals surface area contributed by atoms with Gasteiger partial charge < -0.3 is 52.1 Å². The average Bonchev–Trinajstić information content (AvgIpc) is 1.57. The number of esters is 11. The molecular weight excluding hydrogens is 1120 g/mol. The molecule has 8 saturated carbocycles. The van der Waals surface area contributed by atoms with Crippen molar-refractivity contribution in [2.75, 3.05) is 66.1 Å². The van der Waals surface area contributed by atoms with E-state index in [9.17, 15) is 52.7 Å². The van der Waals surface area contributed by atoms with Gasteiger partial charge in [-0.1, -0.05) is 40.2 Å². The van der Waals surface area contributed by atoms with E-state index in [-0.39, 0.29) is 137 Å². The maximum Gasteiger partial charge on any atom is 0.334 e. The van der Waals surface area contributed by atoms with Crippen LogP contribution in [-0.4, -0.2) is 137 Å². The Hall–Kier alpha value is -6.87. The Labute approximate surface area is 501 Å². The molecule has 0 saturated heterocycles. The number of carbonyl (C=O) groups is 11. The van der Waals surface area contributed by atoms with Crippen LogP contribution in [-0.2, 0) is 105 Å². The van der Waals surface area contributed by atoms with Crippen molar-refractivity contribution in [2.24, 2.45) is 67.0 Å². The zero-order valence-electron chi connectivity index (χ0n) is 51.1. The van der Waals surface area contributed by atoms with Crippen LogP contribution in [0.5, 0.6) is 0 Å². The van der Waals surface area contributed by atoms with Crippen LogP contribution in [0.15, 0.2) is 48.6 Å². The van der Waals surface area contributed by atoms with Crippen molar-refractivity contribution in [3.8, 4) is 0 Å². The molecule has 8 aliphatic carbocycles. The van der Waals surface area contributed by atoms with Gasteiger partial charge in [-0.2, -0.15) is 0 Å². The lowest BCUT2D eigenvalue weighted by Gasteiger charge is -2.34. The van der Waals surface area contributed by atoms with Gasteiger partial charge in [0.05, 0.1) is 39.6 Å². The monoisotopic (exact) mass is 1200 g/mol. The summed E-state index contributed by atoms with van der Waals surface area (Å²) >= 11 is 0. The first kappa shape index (κ1) is 65.1. The largest absolute Gasteiger partial charge is 0.465 e. The van der Waals surface area contributed by atoms with E-state index < -0.39 is 135 Å². The van der Waals surface area contributed by atoms with E-state index >= 15 is 0 Å². The normalized spacial score (nSPS) is 30.5. The first-order valence-corrected chi connectivity index (χ1v) is 30.4. The summed E-state index contributed by atoms with van der Waals surface area (Å²) in [5.41, 5.74) is -12.4. The van der Waals surface area contributed by atoms with Crippen molar-refractivity contribution in [2.45, 2.75) is 151 Å². The van der Waals surface area contributed by atoms with Crippen LogP contribution in [0.25, 0.3) is 0 Å². The highest BCUT2D eigenvalue weighted by atomic mass is 16.6. The number of rotatable bonds is 31. The molecule has 0 heterocycles. The Balaban J connectivity index is 1.11. The quantitative estimate of drug-likeness (QED) is 0.0292. The lowest BCUT2D eigenvalue weighted by molar-refractivity contribution is -0.174. The van der Waals surface area contributed by atoms with Crippen molar-refractivity contribution >= 4 is 65.7 Å². The van der Waals surface area contributed by atoms with Gasteiger partial charge in [0.2, 0.25) is 0 Å². The Morgan fingerprint density at radius 3 is 0.826 bits per heavy atom. The summed E-state index contributed by atoms with van der Waals surface area (Å²) in [6.07, 6.45) is 2.55. The minimum absolute atomic E-state index is 0.00920. The standard InChI is InChI=1S/C64H84O22/c1-13-45(65)86-57(14-2)21-41-22-58(41,29-57)37(9)46(66)82-33-56(34-83-47(67)38(10)59-23-42(59)26-62(30-59,50(70)76-15-3)51(71)77-16-4,35-84-48(68)39(11)60-24-43(60)27-63(31-60,52(72)78-17-5)53(73)79-18-6)36-85-49(69)40(12)61-25-44(61)28-64(32-61,54(74)80-19-7)55(75)81-20-8/h41-44H,9-36H2,1-8H3. The maximum absolute atomic E-state index is 14.6. The lowest BCUT2D eigenvalue weighted by atomic mass is 9.79. The summed E-state index contributed by atoms with van der Waals surface area (Å²) in [5.74, 6) is -10.4. The van der Waals surface area contributed by atoms with Crippen molar-refractivity contribution in [3.05, 3.63) is 48.6 Å². The third-order valence-corrected chi connectivity index (χ3v) is 20.5. The Bertz CT molecular complexity index is 2610. The van der Waals surface area contributed by atoms with Crippen molar-refractivity contribution in [3.63, 3.8) is 0 Å². The highest BCUT2D eigenvalue weighted by Gasteiger charge is 2.76. The summed E-state index contributed by atoms with van der Waals surface area (Å²) in [4.78, 5) is 152. The van der Waals surface area contributed by atoms with Gasteiger partial charge >= 0.3 is 65.7 Å². The number of hydrogen-bond donors (Lipinski definition) is 0. The summed E-state index contributed by atoms with van der Waals surface area (Å²) in [6.45, 7) is 26.3. The van der Waals surface area contributed by atoms with Crippen LogP contribution < -0.4 is 0 Å². The predicted octanol–water partition coefficient (Wildman–Crippen LogP) is 7.01. The smallest absolute Gasteiger partial charge is 0.334 e. The van der Waals surface area contributed by atoms with Gasteiger partial charge in [-0.05, 0) is 149 Å². The molecular formula is C64H84O22. The van der Waals surface area contributed by atoms with E-state index in [1.807, 2.05) is 6.92 Å². The molecule has 0 aliphatic heterocycles. The molecule has 8 aliphatic rings. The number of ether oxygens (including phenoxy) is 11. The fourth-order valence-electron chi connectivity index (χ4n) is 15.4. The van der Waals surface area contributed by atoms with Gasteiger partial charge in [-0.3, -0.25) is 33.6 Å². The Morgan fingerprint density at radius 1 is 0.349 bits per heavy atom. The molecule has 0 amide bonds. The highest BCUT2D eigenvalue weighted by molar-refractivity contribution is 6.04. The average molecular weight is 1210 g/mol. The van der Waals surface area contributed by atoms with Gasteiger partial charge in [0.15, 0.2) is 16.2 Å². The van der Waals surface area contributed by atoms with Crippen LogP contribution >= 0.6 is 0 Å². The fraction of sp³-hybridized carbons (Fsp3) is 0.703. The molecule has 0 aromatic rings. The van der Waals surface area contributed by atoms with E-state index in [1.54, 1.807) is 48.5 Å². The first-order valence-electron chi connectivity index (χ1n) is 30.4. The molecule has 86 heavy (non-hydrogen) atoms. The first-order chi connectivity index (χ1) is 40.6. The zero-order valence-corrected chi connectivity index (χ0v) is 51.1. The molecule has 8 rings (SSSR count). The third-order valence-electron chi connectivity index (χ3n) is 20.5.